The molecule has 120 valence electrons. The van der Waals surface area contributed by atoms with Gasteiger partial charge in [0.1, 0.15) is 5.82 Å². The van der Waals surface area contributed by atoms with E-state index in [1.807, 2.05) is 19.9 Å². The summed E-state index contributed by atoms with van der Waals surface area (Å²) < 4.78 is 19.8. The molecule has 1 aromatic rings. The van der Waals surface area contributed by atoms with Crippen LogP contribution in [0, 0.1) is 18.2 Å². The molecule has 1 N–H and O–H groups in total. The maximum atomic E-state index is 13.8. The van der Waals surface area contributed by atoms with Crippen LogP contribution >= 0.6 is 0 Å². The number of hydrogen-bond donors (Lipinski definition) is 1. The molecule has 0 aromatic heterocycles. The van der Waals surface area contributed by atoms with Gasteiger partial charge in [-0.25, -0.2) is 4.39 Å². The van der Waals surface area contributed by atoms with E-state index in [0.29, 0.717) is 6.61 Å². The van der Waals surface area contributed by atoms with Gasteiger partial charge in [0.25, 0.3) is 0 Å². The first-order valence-corrected chi connectivity index (χ1v) is 7.91. The Morgan fingerprint density at radius 1 is 1.19 bits per heavy atom. The molecule has 0 radical (unpaired) electrons. The minimum Gasteiger partial charge on any atom is -0.376 e. The second kappa shape index (κ2) is 7.90. The number of rotatable bonds is 7. The third-order valence-electron chi connectivity index (χ3n) is 3.54. The van der Waals surface area contributed by atoms with Crippen molar-refractivity contribution in [1.29, 1.82) is 0 Å². The van der Waals surface area contributed by atoms with Gasteiger partial charge >= 0.3 is 0 Å². The summed E-state index contributed by atoms with van der Waals surface area (Å²) in [4.78, 5) is 0. The second-order valence-electron chi connectivity index (χ2n) is 6.74. The second-order valence-corrected chi connectivity index (χ2v) is 6.74. The van der Waals surface area contributed by atoms with Gasteiger partial charge in [0.15, 0.2) is 0 Å². The van der Waals surface area contributed by atoms with Crippen LogP contribution in [-0.4, -0.2) is 19.3 Å². The van der Waals surface area contributed by atoms with E-state index < -0.39 is 0 Å². The molecule has 2 unspecified atom stereocenters. The lowest BCUT2D eigenvalue weighted by Crippen LogP contribution is -2.42. The Bertz CT molecular complexity index is 419. The van der Waals surface area contributed by atoms with Crippen LogP contribution in [0.5, 0.6) is 0 Å². The molecule has 0 aliphatic carbocycles. The maximum absolute atomic E-state index is 13.8. The van der Waals surface area contributed by atoms with Crippen molar-refractivity contribution in [3.8, 4) is 0 Å². The van der Waals surface area contributed by atoms with Gasteiger partial charge in [0, 0.05) is 6.61 Å². The zero-order valence-electron chi connectivity index (χ0n) is 14.3. The Kier molecular flexibility index (Phi) is 6.82. The standard InChI is InChI=1S/C18H30FNO/c1-7-9-20-16(17(21-8-2)18(4,5)6)14-10-13(3)11-15(19)12-14/h10-12,16-17,20H,7-9H2,1-6H3. The molecule has 1 rings (SSSR count). The zero-order valence-corrected chi connectivity index (χ0v) is 14.3. The molecule has 0 amide bonds. The van der Waals surface area contributed by atoms with Gasteiger partial charge in [0.2, 0.25) is 0 Å². The van der Waals surface area contributed by atoms with Crippen molar-refractivity contribution in [2.45, 2.75) is 60.1 Å². The first-order chi connectivity index (χ1) is 9.79. The molecule has 0 aliphatic rings. The van der Waals surface area contributed by atoms with Crippen molar-refractivity contribution in [3.05, 3.63) is 35.1 Å². The van der Waals surface area contributed by atoms with E-state index in [4.69, 9.17) is 4.74 Å². The summed E-state index contributed by atoms with van der Waals surface area (Å²) in [6.45, 7) is 14.1. The van der Waals surface area contributed by atoms with Gasteiger partial charge in [-0.05, 0) is 55.5 Å². The molecule has 21 heavy (non-hydrogen) atoms. The topological polar surface area (TPSA) is 21.3 Å². The fraction of sp³-hybridized carbons (Fsp3) is 0.667. The molecule has 2 atom stereocenters. The molecule has 2 nitrogen and oxygen atoms in total. The highest BCUT2D eigenvalue weighted by molar-refractivity contribution is 5.27. The summed E-state index contributed by atoms with van der Waals surface area (Å²) in [7, 11) is 0. The SMILES string of the molecule is CCCNC(c1cc(C)cc(F)c1)C(OCC)C(C)(C)C. The average molecular weight is 295 g/mol. The first-order valence-electron chi connectivity index (χ1n) is 7.91. The van der Waals surface area contributed by atoms with Crippen LogP contribution in [0.4, 0.5) is 4.39 Å². The molecule has 0 bridgehead atoms. The van der Waals surface area contributed by atoms with Gasteiger partial charge in [-0.2, -0.15) is 0 Å². The van der Waals surface area contributed by atoms with Crippen molar-refractivity contribution >= 4 is 0 Å². The van der Waals surface area contributed by atoms with Gasteiger partial charge < -0.3 is 10.1 Å². The zero-order chi connectivity index (χ0) is 16.0. The molecule has 0 aliphatic heterocycles. The summed E-state index contributed by atoms with van der Waals surface area (Å²) in [5, 5.41) is 3.54. The fourth-order valence-corrected chi connectivity index (χ4v) is 2.67. The Morgan fingerprint density at radius 3 is 2.33 bits per heavy atom. The van der Waals surface area contributed by atoms with Crippen molar-refractivity contribution in [3.63, 3.8) is 0 Å². The lowest BCUT2D eigenvalue weighted by Gasteiger charge is -2.37. The van der Waals surface area contributed by atoms with Crippen LogP contribution in [-0.2, 0) is 4.74 Å². The smallest absolute Gasteiger partial charge is 0.123 e. The summed E-state index contributed by atoms with van der Waals surface area (Å²) in [5.74, 6) is -0.183. The molecular weight excluding hydrogens is 265 g/mol. The lowest BCUT2D eigenvalue weighted by atomic mass is 9.81. The molecule has 0 saturated heterocycles. The molecular formula is C18H30FNO. The fourth-order valence-electron chi connectivity index (χ4n) is 2.67. The number of hydrogen-bond acceptors (Lipinski definition) is 2. The molecule has 0 fully saturated rings. The van der Waals surface area contributed by atoms with Crippen LogP contribution in [0.2, 0.25) is 0 Å². The average Bonchev–Trinajstić information content (AvgIpc) is 2.35. The van der Waals surface area contributed by atoms with Crippen LogP contribution in [0.25, 0.3) is 0 Å². The Labute approximate surface area is 129 Å². The van der Waals surface area contributed by atoms with Gasteiger partial charge in [-0.3, -0.25) is 0 Å². The number of nitrogens with one attached hydrogen (secondary N) is 1. The molecule has 0 spiro atoms. The highest BCUT2D eigenvalue weighted by Gasteiger charge is 2.33. The van der Waals surface area contributed by atoms with E-state index in [2.05, 4.69) is 33.0 Å². The maximum Gasteiger partial charge on any atom is 0.123 e. The number of benzene rings is 1. The summed E-state index contributed by atoms with van der Waals surface area (Å²) in [6, 6.07) is 5.23. The van der Waals surface area contributed by atoms with E-state index in [1.165, 1.54) is 0 Å². The molecule has 0 heterocycles. The van der Waals surface area contributed by atoms with Crippen LogP contribution in [0.3, 0.4) is 0 Å². The third kappa shape index (κ3) is 5.40. The lowest BCUT2D eigenvalue weighted by molar-refractivity contribution is -0.0366. The highest BCUT2D eigenvalue weighted by Crippen LogP contribution is 2.33. The Hall–Kier alpha value is -0.930. The van der Waals surface area contributed by atoms with Gasteiger partial charge in [-0.1, -0.05) is 33.8 Å². The van der Waals surface area contributed by atoms with Crippen molar-refractivity contribution in [2.75, 3.05) is 13.2 Å². The number of aryl methyl sites for hydroxylation is 1. The van der Waals surface area contributed by atoms with Gasteiger partial charge in [0.05, 0.1) is 12.1 Å². The van der Waals surface area contributed by atoms with Gasteiger partial charge in [-0.15, -0.1) is 0 Å². The molecule has 1 aromatic carbocycles. The van der Waals surface area contributed by atoms with E-state index >= 15 is 0 Å². The number of ether oxygens (including phenoxy) is 1. The predicted molar refractivity (Wildman–Crippen MR) is 87.0 cm³/mol. The number of halogens is 1. The highest BCUT2D eigenvalue weighted by atomic mass is 19.1. The largest absolute Gasteiger partial charge is 0.376 e. The quantitative estimate of drug-likeness (QED) is 0.792. The normalized spacial score (nSPS) is 15.0. The summed E-state index contributed by atoms with van der Waals surface area (Å²) in [6.07, 6.45) is 1.03. The summed E-state index contributed by atoms with van der Waals surface area (Å²) >= 11 is 0. The van der Waals surface area contributed by atoms with Crippen molar-refractivity contribution in [1.82, 2.24) is 5.32 Å². The first kappa shape index (κ1) is 18.1. The van der Waals surface area contributed by atoms with Crippen LogP contribution in [0.15, 0.2) is 18.2 Å². The van der Waals surface area contributed by atoms with E-state index in [1.54, 1.807) is 12.1 Å². The monoisotopic (exact) mass is 295 g/mol. The van der Waals surface area contributed by atoms with Crippen molar-refractivity contribution < 1.29 is 9.13 Å². The Balaban J connectivity index is 3.18. The summed E-state index contributed by atoms with van der Waals surface area (Å²) in [5.41, 5.74) is 1.88. The minimum atomic E-state index is -0.183. The Morgan fingerprint density at radius 2 is 1.86 bits per heavy atom. The molecule has 3 heteroatoms. The minimum absolute atomic E-state index is 0.000648. The van der Waals surface area contributed by atoms with Crippen molar-refractivity contribution in [2.24, 2.45) is 5.41 Å². The van der Waals surface area contributed by atoms with E-state index in [-0.39, 0.29) is 23.4 Å². The predicted octanol–water partition coefficient (Wildman–Crippen LogP) is 4.63. The van der Waals surface area contributed by atoms with Crippen LogP contribution < -0.4 is 5.32 Å². The molecule has 0 saturated carbocycles. The third-order valence-corrected chi connectivity index (χ3v) is 3.54. The van der Waals surface area contributed by atoms with E-state index in [9.17, 15) is 4.39 Å². The van der Waals surface area contributed by atoms with E-state index in [0.717, 1.165) is 24.1 Å². The van der Waals surface area contributed by atoms with Crippen LogP contribution in [0.1, 0.15) is 58.2 Å².